The minimum Gasteiger partial charge on any atom is -0.370 e. The molecule has 19 heavy (non-hydrogen) atoms. The fourth-order valence-electron chi connectivity index (χ4n) is 2.57. The van der Waals surface area contributed by atoms with Gasteiger partial charge in [-0.2, -0.15) is 13.2 Å². The molecule has 0 aliphatic heterocycles. The van der Waals surface area contributed by atoms with E-state index in [1.807, 2.05) is 0 Å². The van der Waals surface area contributed by atoms with Gasteiger partial charge in [-0.1, -0.05) is 12.1 Å². The van der Waals surface area contributed by atoms with Gasteiger partial charge in [0.25, 0.3) is 0 Å². The van der Waals surface area contributed by atoms with E-state index in [-0.39, 0.29) is 11.3 Å². The van der Waals surface area contributed by atoms with E-state index in [1.54, 1.807) is 0 Å². The van der Waals surface area contributed by atoms with Crippen molar-refractivity contribution in [2.24, 2.45) is 0 Å². The molecule has 0 unspecified atom stereocenters. The summed E-state index contributed by atoms with van der Waals surface area (Å²) in [6, 6.07) is 4.54. The van der Waals surface area contributed by atoms with E-state index in [0.717, 1.165) is 25.0 Å². The third kappa shape index (κ3) is 2.66. The van der Waals surface area contributed by atoms with Gasteiger partial charge >= 0.3 is 6.18 Å². The molecule has 1 aliphatic rings. The van der Waals surface area contributed by atoms with E-state index < -0.39 is 17.3 Å². The molecule has 0 aromatic heterocycles. The van der Waals surface area contributed by atoms with Crippen LogP contribution in [-0.4, -0.2) is 18.5 Å². The van der Waals surface area contributed by atoms with Crippen molar-refractivity contribution in [3.8, 4) is 0 Å². The van der Waals surface area contributed by atoms with Gasteiger partial charge in [0.2, 0.25) is 0 Å². The van der Waals surface area contributed by atoms with Crippen molar-refractivity contribution in [1.82, 2.24) is 0 Å². The molecular formula is C14H15F3O2. The number of Topliss-reactive ketones (excluding diaryl/α,β-unsaturated/α-hetero) is 1. The van der Waals surface area contributed by atoms with Crippen molar-refractivity contribution in [2.75, 3.05) is 7.11 Å². The zero-order chi connectivity index (χ0) is 14.1. The SMILES string of the molecule is COC1(C(=O)c2cccc(C(F)(F)F)c2)CCCC1. The topological polar surface area (TPSA) is 26.3 Å². The Balaban J connectivity index is 2.34. The Morgan fingerprint density at radius 1 is 1.26 bits per heavy atom. The Morgan fingerprint density at radius 2 is 1.89 bits per heavy atom. The molecule has 1 aromatic rings. The highest BCUT2D eigenvalue weighted by atomic mass is 19.4. The average Bonchev–Trinajstić information content (AvgIpc) is 2.87. The summed E-state index contributed by atoms with van der Waals surface area (Å²) < 4.78 is 43.2. The maximum Gasteiger partial charge on any atom is 0.416 e. The van der Waals surface area contributed by atoms with Crippen LogP contribution in [0.3, 0.4) is 0 Å². The molecule has 0 amide bonds. The normalized spacial score (nSPS) is 18.5. The van der Waals surface area contributed by atoms with Crippen LogP contribution in [0.4, 0.5) is 13.2 Å². The highest BCUT2D eigenvalue weighted by Gasteiger charge is 2.42. The first-order valence-corrected chi connectivity index (χ1v) is 6.16. The van der Waals surface area contributed by atoms with Crippen molar-refractivity contribution >= 4 is 5.78 Å². The average molecular weight is 272 g/mol. The first kappa shape index (κ1) is 14.1. The Bertz CT molecular complexity index is 474. The minimum atomic E-state index is -4.44. The molecule has 0 radical (unpaired) electrons. The number of ketones is 1. The highest BCUT2D eigenvalue weighted by molar-refractivity contribution is 6.02. The number of rotatable bonds is 3. The molecule has 2 rings (SSSR count). The lowest BCUT2D eigenvalue weighted by molar-refractivity contribution is -0.137. The van der Waals surface area contributed by atoms with Crippen LogP contribution in [0, 0.1) is 0 Å². The van der Waals surface area contributed by atoms with E-state index in [2.05, 4.69) is 0 Å². The van der Waals surface area contributed by atoms with Gasteiger partial charge in [0.15, 0.2) is 5.78 Å². The number of carbonyl (C=O) groups is 1. The molecule has 0 saturated heterocycles. The van der Waals surface area contributed by atoms with Gasteiger partial charge in [-0.15, -0.1) is 0 Å². The lowest BCUT2D eigenvalue weighted by atomic mass is 9.90. The molecule has 0 heterocycles. The second kappa shape index (κ2) is 4.96. The van der Waals surface area contributed by atoms with Gasteiger partial charge in [0, 0.05) is 12.7 Å². The van der Waals surface area contributed by atoms with Crippen LogP contribution in [0.15, 0.2) is 24.3 Å². The Hall–Kier alpha value is -1.36. The van der Waals surface area contributed by atoms with E-state index >= 15 is 0 Å². The molecule has 0 spiro atoms. The second-order valence-electron chi connectivity index (χ2n) is 4.81. The van der Waals surface area contributed by atoms with Crippen molar-refractivity contribution in [2.45, 2.75) is 37.5 Å². The molecule has 1 fully saturated rings. The number of benzene rings is 1. The molecule has 2 nitrogen and oxygen atoms in total. The molecule has 1 aromatic carbocycles. The van der Waals surface area contributed by atoms with Gasteiger partial charge in [-0.3, -0.25) is 4.79 Å². The Labute approximate surface area is 109 Å². The molecule has 0 bridgehead atoms. The minimum absolute atomic E-state index is 0.0681. The monoisotopic (exact) mass is 272 g/mol. The first-order valence-electron chi connectivity index (χ1n) is 6.16. The van der Waals surface area contributed by atoms with Crippen LogP contribution in [0.5, 0.6) is 0 Å². The third-order valence-corrected chi connectivity index (χ3v) is 3.67. The summed E-state index contributed by atoms with van der Waals surface area (Å²) in [7, 11) is 1.44. The Kier molecular flexibility index (Phi) is 3.67. The summed E-state index contributed by atoms with van der Waals surface area (Å²) in [5.74, 6) is -0.349. The second-order valence-corrected chi connectivity index (χ2v) is 4.81. The van der Waals surface area contributed by atoms with Crippen molar-refractivity contribution in [3.63, 3.8) is 0 Å². The van der Waals surface area contributed by atoms with Crippen molar-refractivity contribution < 1.29 is 22.7 Å². The molecule has 0 atom stereocenters. The smallest absolute Gasteiger partial charge is 0.370 e. The zero-order valence-electron chi connectivity index (χ0n) is 10.6. The van der Waals surface area contributed by atoms with Crippen LogP contribution < -0.4 is 0 Å². The van der Waals surface area contributed by atoms with Gasteiger partial charge in [0.05, 0.1) is 5.56 Å². The molecule has 1 aliphatic carbocycles. The van der Waals surface area contributed by atoms with Gasteiger partial charge in [-0.05, 0) is 37.8 Å². The fraction of sp³-hybridized carbons (Fsp3) is 0.500. The molecule has 1 saturated carbocycles. The van der Waals surface area contributed by atoms with Crippen LogP contribution in [0.1, 0.15) is 41.6 Å². The predicted molar refractivity (Wildman–Crippen MR) is 64.0 cm³/mol. The first-order chi connectivity index (χ1) is 8.89. The molecule has 104 valence electrons. The summed E-state index contributed by atoms with van der Waals surface area (Å²) >= 11 is 0. The van der Waals surface area contributed by atoms with Gasteiger partial charge in [0.1, 0.15) is 5.60 Å². The molecule has 0 N–H and O–H groups in total. The number of carbonyl (C=O) groups excluding carboxylic acids is 1. The van der Waals surface area contributed by atoms with Gasteiger partial charge in [-0.25, -0.2) is 0 Å². The summed E-state index contributed by atoms with van der Waals surface area (Å²) in [5, 5.41) is 0. The van der Waals surface area contributed by atoms with E-state index in [0.29, 0.717) is 12.8 Å². The van der Waals surface area contributed by atoms with Gasteiger partial charge < -0.3 is 4.74 Å². The lowest BCUT2D eigenvalue weighted by Gasteiger charge is -2.26. The highest BCUT2D eigenvalue weighted by Crippen LogP contribution is 2.37. The van der Waals surface area contributed by atoms with E-state index in [9.17, 15) is 18.0 Å². The number of alkyl halides is 3. The molecule has 5 heteroatoms. The standard InChI is InChI=1S/C14H15F3O2/c1-19-13(7-2-3-8-13)12(18)10-5-4-6-11(9-10)14(15,16)17/h4-6,9H,2-3,7-8H2,1H3. The predicted octanol–water partition coefficient (Wildman–Crippen LogP) is 3.85. The number of ether oxygens (including phenoxy) is 1. The number of hydrogen-bond acceptors (Lipinski definition) is 2. The van der Waals surface area contributed by atoms with E-state index in [1.165, 1.54) is 19.2 Å². The van der Waals surface area contributed by atoms with Crippen LogP contribution in [0.25, 0.3) is 0 Å². The van der Waals surface area contributed by atoms with Crippen molar-refractivity contribution in [1.29, 1.82) is 0 Å². The third-order valence-electron chi connectivity index (χ3n) is 3.67. The molecular weight excluding hydrogens is 257 g/mol. The maximum absolute atomic E-state index is 12.6. The lowest BCUT2D eigenvalue weighted by Crippen LogP contribution is -2.37. The van der Waals surface area contributed by atoms with Crippen LogP contribution in [-0.2, 0) is 10.9 Å². The number of halogens is 3. The van der Waals surface area contributed by atoms with Crippen LogP contribution >= 0.6 is 0 Å². The fourth-order valence-corrected chi connectivity index (χ4v) is 2.57. The number of hydrogen-bond donors (Lipinski definition) is 0. The summed E-state index contributed by atoms with van der Waals surface area (Å²) in [4.78, 5) is 12.4. The maximum atomic E-state index is 12.6. The Morgan fingerprint density at radius 3 is 2.42 bits per heavy atom. The quantitative estimate of drug-likeness (QED) is 0.781. The summed E-state index contributed by atoms with van der Waals surface area (Å²) in [6.07, 6.45) is -1.58. The zero-order valence-corrected chi connectivity index (χ0v) is 10.6. The van der Waals surface area contributed by atoms with E-state index in [4.69, 9.17) is 4.74 Å². The summed E-state index contributed by atoms with van der Waals surface area (Å²) in [5.41, 5.74) is -1.68. The summed E-state index contributed by atoms with van der Waals surface area (Å²) in [6.45, 7) is 0. The van der Waals surface area contributed by atoms with Crippen LogP contribution in [0.2, 0.25) is 0 Å². The van der Waals surface area contributed by atoms with Crippen molar-refractivity contribution in [3.05, 3.63) is 35.4 Å². The largest absolute Gasteiger partial charge is 0.416 e. The number of methoxy groups -OCH3 is 1.